The molecular weight excluding hydrogens is 417 g/mol. The van der Waals surface area contributed by atoms with Crippen LogP contribution in [-0.2, 0) is 11.3 Å². The van der Waals surface area contributed by atoms with Crippen molar-refractivity contribution in [3.8, 4) is 0 Å². The topological polar surface area (TPSA) is 45.1 Å². The molecule has 0 N–H and O–H groups in total. The van der Waals surface area contributed by atoms with Crippen molar-refractivity contribution < 1.29 is 13.9 Å². The lowest BCUT2D eigenvalue weighted by Gasteiger charge is -2.29. The van der Waals surface area contributed by atoms with Gasteiger partial charge in [-0.3, -0.25) is 4.90 Å². The fraction of sp³-hybridized carbons (Fsp3) is 0.417. The van der Waals surface area contributed by atoms with Gasteiger partial charge in [0.25, 0.3) is 0 Å². The Labute approximate surface area is 189 Å². The molecule has 2 aromatic rings. The number of anilines is 1. The number of nitrogens with zero attached hydrogens (tertiary/aromatic N) is 3. The largest absolute Gasteiger partial charge is 0.443 e. The van der Waals surface area contributed by atoms with Crippen LogP contribution in [0, 0.1) is 19.7 Å². The van der Waals surface area contributed by atoms with E-state index in [-0.39, 0.29) is 11.6 Å². The fourth-order valence-corrected chi connectivity index (χ4v) is 3.07. The molecule has 0 radical (unpaired) electrons. The number of benzene rings is 2. The average Bonchev–Trinajstić information content (AvgIpc) is 2.66. The second-order valence-electron chi connectivity index (χ2n) is 8.55. The molecule has 0 unspecified atom stereocenters. The van der Waals surface area contributed by atoms with E-state index in [2.05, 4.69) is 4.99 Å². The molecule has 31 heavy (non-hydrogen) atoms. The predicted molar refractivity (Wildman–Crippen MR) is 126 cm³/mol. The summed E-state index contributed by atoms with van der Waals surface area (Å²) in [6.07, 6.45) is 1.28. The lowest BCUT2D eigenvalue weighted by molar-refractivity contribution is 0.0577. The molecular formula is C24H31ClFN3O2. The van der Waals surface area contributed by atoms with E-state index >= 15 is 0 Å². The van der Waals surface area contributed by atoms with Gasteiger partial charge < -0.3 is 9.64 Å². The second-order valence-corrected chi connectivity index (χ2v) is 8.95. The zero-order valence-corrected chi connectivity index (χ0v) is 20.0. The van der Waals surface area contributed by atoms with Crippen molar-refractivity contribution in [3.63, 3.8) is 0 Å². The molecule has 0 heterocycles. The summed E-state index contributed by atoms with van der Waals surface area (Å²) >= 11 is 6.24. The van der Waals surface area contributed by atoms with Crippen LogP contribution in [0.1, 0.15) is 44.4 Å². The molecule has 0 saturated carbocycles. The van der Waals surface area contributed by atoms with E-state index in [1.807, 2.05) is 65.6 Å². The third-order valence-corrected chi connectivity index (χ3v) is 5.01. The molecule has 2 aromatic carbocycles. The first-order valence-corrected chi connectivity index (χ1v) is 10.6. The maximum absolute atomic E-state index is 13.5. The summed E-state index contributed by atoms with van der Waals surface area (Å²) in [6.45, 7) is 12.4. The highest BCUT2D eigenvalue weighted by Crippen LogP contribution is 2.32. The number of ether oxygens (including phenoxy) is 1. The standard InChI is InChI=1S/C24H31ClFN3O2/c1-8-28(7)15-27-21-11-17(3)22(12-16(21)2)29(23(30)31-24(4,5)6)14-18-9-10-19(26)13-20(18)25/h9-13,15H,8,14H2,1-7H3. The first kappa shape index (κ1) is 24.7. The molecule has 168 valence electrons. The van der Waals surface area contributed by atoms with E-state index in [1.54, 1.807) is 12.4 Å². The molecule has 0 saturated heterocycles. The maximum atomic E-state index is 13.5. The minimum atomic E-state index is -0.667. The molecule has 0 bridgehead atoms. The van der Waals surface area contributed by atoms with Gasteiger partial charge in [0.2, 0.25) is 0 Å². The van der Waals surface area contributed by atoms with Gasteiger partial charge >= 0.3 is 6.09 Å². The first-order valence-electron chi connectivity index (χ1n) is 10.2. The van der Waals surface area contributed by atoms with E-state index < -0.39 is 17.5 Å². The van der Waals surface area contributed by atoms with Gasteiger partial charge in [-0.25, -0.2) is 14.2 Å². The van der Waals surface area contributed by atoms with E-state index in [9.17, 15) is 9.18 Å². The van der Waals surface area contributed by atoms with Crippen LogP contribution in [0.25, 0.3) is 0 Å². The zero-order chi connectivity index (χ0) is 23.3. The Hall–Kier alpha value is -2.60. The van der Waals surface area contributed by atoms with Gasteiger partial charge in [0.15, 0.2) is 0 Å². The molecule has 0 spiro atoms. The molecule has 0 aromatic heterocycles. The van der Waals surface area contributed by atoms with Crippen LogP contribution >= 0.6 is 11.6 Å². The highest BCUT2D eigenvalue weighted by Gasteiger charge is 2.26. The van der Waals surface area contributed by atoms with E-state index in [1.165, 1.54) is 17.0 Å². The number of carbonyl (C=O) groups excluding carboxylic acids is 1. The van der Waals surface area contributed by atoms with Crippen molar-refractivity contribution in [2.24, 2.45) is 4.99 Å². The van der Waals surface area contributed by atoms with Crippen molar-refractivity contribution >= 4 is 35.4 Å². The lowest BCUT2D eigenvalue weighted by atomic mass is 10.1. The van der Waals surface area contributed by atoms with Gasteiger partial charge in [-0.05, 0) is 82.5 Å². The summed E-state index contributed by atoms with van der Waals surface area (Å²) in [6, 6.07) is 8.00. The van der Waals surface area contributed by atoms with Gasteiger partial charge in [0.1, 0.15) is 11.4 Å². The number of aliphatic imine (C=N–C) groups is 1. The van der Waals surface area contributed by atoms with E-state index in [0.29, 0.717) is 11.3 Å². The minimum Gasteiger partial charge on any atom is -0.443 e. The van der Waals surface area contributed by atoms with Crippen molar-refractivity contribution in [3.05, 3.63) is 57.9 Å². The van der Waals surface area contributed by atoms with Crippen LogP contribution < -0.4 is 4.90 Å². The number of hydrogen-bond acceptors (Lipinski definition) is 3. The van der Waals surface area contributed by atoms with Crippen LogP contribution in [-0.4, -0.2) is 36.5 Å². The Kier molecular flexibility index (Phi) is 8.07. The number of aryl methyl sites for hydroxylation is 2. The van der Waals surface area contributed by atoms with Crippen LogP contribution in [0.2, 0.25) is 5.02 Å². The van der Waals surface area contributed by atoms with Crippen LogP contribution in [0.3, 0.4) is 0 Å². The molecule has 0 aliphatic rings. The van der Waals surface area contributed by atoms with Crippen molar-refractivity contribution in [2.75, 3.05) is 18.5 Å². The number of rotatable bonds is 6. The Bertz CT molecular complexity index is 970. The van der Waals surface area contributed by atoms with Crippen molar-refractivity contribution in [1.82, 2.24) is 4.90 Å². The van der Waals surface area contributed by atoms with Gasteiger partial charge in [0.05, 0.1) is 24.3 Å². The SMILES string of the molecule is CCN(C)C=Nc1cc(C)c(N(Cc2ccc(F)cc2Cl)C(=O)OC(C)(C)C)cc1C. The molecule has 2 rings (SSSR count). The molecule has 0 aliphatic carbocycles. The highest BCUT2D eigenvalue weighted by atomic mass is 35.5. The Morgan fingerprint density at radius 2 is 1.87 bits per heavy atom. The van der Waals surface area contributed by atoms with Gasteiger partial charge in [0, 0.05) is 18.6 Å². The van der Waals surface area contributed by atoms with E-state index in [4.69, 9.17) is 16.3 Å². The predicted octanol–water partition coefficient (Wildman–Crippen LogP) is 6.65. The van der Waals surface area contributed by atoms with Gasteiger partial charge in [-0.2, -0.15) is 0 Å². The summed E-state index contributed by atoms with van der Waals surface area (Å²) in [5.74, 6) is -0.427. The summed E-state index contributed by atoms with van der Waals surface area (Å²) in [5.41, 5.74) is 3.25. The van der Waals surface area contributed by atoms with Crippen molar-refractivity contribution in [2.45, 2.75) is 53.7 Å². The van der Waals surface area contributed by atoms with E-state index in [0.717, 1.165) is 23.4 Å². The van der Waals surface area contributed by atoms with Gasteiger partial charge in [-0.1, -0.05) is 17.7 Å². The molecule has 5 nitrogen and oxygen atoms in total. The van der Waals surface area contributed by atoms with Crippen molar-refractivity contribution in [1.29, 1.82) is 0 Å². The quantitative estimate of drug-likeness (QED) is 0.368. The van der Waals surface area contributed by atoms with Crippen LogP contribution in [0.15, 0.2) is 35.3 Å². The first-order chi connectivity index (χ1) is 14.4. The smallest absolute Gasteiger partial charge is 0.415 e. The Balaban J connectivity index is 2.48. The molecule has 7 heteroatoms. The zero-order valence-electron chi connectivity index (χ0n) is 19.3. The monoisotopic (exact) mass is 447 g/mol. The summed E-state index contributed by atoms with van der Waals surface area (Å²) in [5, 5.41) is 0.256. The maximum Gasteiger partial charge on any atom is 0.415 e. The summed E-state index contributed by atoms with van der Waals surface area (Å²) in [4.78, 5) is 21.2. The fourth-order valence-electron chi connectivity index (χ4n) is 2.84. The average molecular weight is 448 g/mol. The third-order valence-electron chi connectivity index (χ3n) is 4.66. The lowest BCUT2D eigenvalue weighted by Crippen LogP contribution is -2.37. The van der Waals surface area contributed by atoms with Crippen LogP contribution in [0.5, 0.6) is 0 Å². The summed E-state index contributed by atoms with van der Waals surface area (Å²) in [7, 11) is 1.96. The molecule has 1 amide bonds. The molecule has 0 fully saturated rings. The molecule has 0 aliphatic heterocycles. The van der Waals surface area contributed by atoms with Gasteiger partial charge in [-0.15, -0.1) is 0 Å². The number of carbonyl (C=O) groups is 1. The Morgan fingerprint density at radius 3 is 2.45 bits per heavy atom. The number of hydrogen-bond donors (Lipinski definition) is 0. The normalized spacial score (nSPS) is 11.6. The third kappa shape index (κ3) is 6.96. The summed E-state index contributed by atoms with van der Waals surface area (Å²) < 4.78 is 19.1. The number of amides is 1. The molecule has 0 atom stereocenters. The second kappa shape index (κ2) is 10.1. The minimum absolute atomic E-state index is 0.148. The Morgan fingerprint density at radius 1 is 1.19 bits per heavy atom. The highest BCUT2D eigenvalue weighted by molar-refractivity contribution is 6.31. The number of halogens is 2. The van der Waals surface area contributed by atoms with Crippen LogP contribution in [0.4, 0.5) is 20.6 Å².